The zero-order chi connectivity index (χ0) is 18.1. The van der Waals surface area contributed by atoms with Crippen LogP contribution in [0.4, 0.5) is 4.79 Å². The molecule has 24 heavy (non-hydrogen) atoms. The summed E-state index contributed by atoms with van der Waals surface area (Å²) in [5, 5.41) is 0. The van der Waals surface area contributed by atoms with Crippen LogP contribution in [-0.2, 0) is 4.74 Å². The molecule has 1 atom stereocenters. The molecular formula is C18H26BrN3O2. The van der Waals surface area contributed by atoms with Crippen molar-refractivity contribution in [3.05, 3.63) is 28.5 Å². The van der Waals surface area contributed by atoms with Crippen LogP contribution in [0.25, 0.3) is 11.0 Å². The molecule has 2 rings (SSSR count). The van der Waals surface area contributed by atoms with E-state index in [2.05, 4.69) is 39.7 Å². The molecule has 5 nitrogen and oxygen atoms in total. The molecule has 0 saturated carbocycles. The molecule has 6 heteroatoms. The van der Waals surface area contributed by atoms with Crippen molar-refractivity contribution in [2.45, 2.75) is 52.7 Å². The third kappa shape index (κ3) is 4.72. The van der Waals surface area contributed by atoms with Crippen LogP contribution in [0.15, 0.2) is 22.7 Å². The zero-order valence-corrected chi connectivity index (χ0v) is 16.8. The molecule has 0 fully saturated rings. The number of rotatable bonds is 4. The fourth-order valence-electron chi connectivity index (χ4n) is 2.52. The molecule has 132 valence electrons. The Hall–Kier alpha value is -1.56. The van der Waals surface area contributed by atoms with Crippen LogP contribution < -0.4 is 0 Å². The zero-order valence-electron chi connectivity index (χ0n) is 15.2. The summed E-state index contributed by atoms with van der Waals surface area (Å²) >= 11 is 3.47. The summed E-state index contributed by atoms with van der Waals surface area (Å²) in [7, 11) is 1.77. The van der Waals surface area contributed by atoms with Gasteiger partial charge >= 0.3 is 6.09 Å². The molecule has 0 radical (unpaired) electrons. The summed E-state index contributed by atoms with van der Waals surface area (Å²) in [6.07, 6.45) is 0.464. The molecule has 1 amide bonds. The van der Waals surface area contributed by atoms with Gasteiger partial charge in [0.05, 0.1) is 17.1 Å². The summed E-state index contributed by atoms with van der Waals surface area (Å²) in [6.45, 7) is 9.88. The van der Waals surface area contributed by atoms with Crippen LogP contribution in [0, 0.1) is 5.92 Å². The number of hydrogen-bond acceptors (Lipinski definition) is 3. The first-order valence-corrected chi connectivity index (χ1v) is 8.97. The van der Waals surface area contributed by atoms with Crippen LogP contribution in [0.3, 0.4) is 0 Å². The molecule has 1 heterocycles. The monoisotopic (exact) mass is 395 g/mol. The third-order valence-corrected chi connectivity index (χ3v) is 4.11. The van der Waals surface area contributed by atoms with E-state index in [0.29, 0.717) is 5.92 Å². The van der Waals surface area contributed by atoms with E-state index in [1.54, 1.807) is 11.9 Å². The Kier molecular flexibility index (Phi) is 5.58. The van der Waals surface area contributed by atoms with Crippen LogP contribution >= 0.6 is 15.9 Å². The molecule has 0 aliphatic heterocycles. The molecule has 0 spiro atoms. The van der Waals surface area contributed by atoms with Crippen LogP contribution in [0.5, 0.6) is 0 Å². The number of H-pyrrole nitrogens is 1. The first-order chi connectivity index (χ1) is 11.1. The number of halogens is 1. The lowest BCUT2D eigenvalue weighted by atomic mass is 10.0. The first kappa shape index (κ1) is 18.8. The fraction of sp³-hybridized carbons (Fsp3) is 0.556. The lowest BCUT2D eigenvalue weighted by Gasteiger charge is -2.30. The third-order valence-electron chi connectivity index (χ3n) is 3.62. The Morgan fingerprint density at radius 3 is 2.62 bits per heavy atom. The van der Waals surface area contributed by atoms with Crippen molar-refractivity contribution in [1.82, 2.24) is 14.9 Å². The second kappa shape index (κ2) is 7.13. The second-order valence-corrected chi connectivity index (χ2v) is 8.44. The number of nitrogens with one attached hydrogen (secondary N) is 1. The minimum Gasteiger partial charge on any atom is -0.444 e. The van der Waals surface area contributed by atoms with Gasteiger partial charge in [-0.1, -0.05) is 29.8 Å². The van der Waals surface area contributed by atoms with Crippen molar-refractivity contribution in [3.63, 3.8) is 0 Å². The summed E-state index contributed by atoms with van der Waals surface area (Å²) in [5.41, 5.74) is 1.32. The average molecular weight is 396 g/mol. The number of imidazole rings is 1. The number of fused-ring (bicyclic) bond motifs is 1. The van der Waals surface area contributed by atoms with Gasteiger partial charge in [-0.25, -0.2) is 9.78 Å². The molecule has 0 aliphatic carbocycles. The van der Waals surface area contributed by atoms with E-state index < -0.39 is 5.60 Å². The molecule has 0 bridgehead atoms. The summed E-state index contributed by atoms with van der Waals surface area (Å²) in [6, 6.07) is 5.75. The average Bonchev–Trinajstić information content (AvgIpc) is 2.84. The first-order valence-electron chi connectivity index (χ1n) is 8.18. The number of hydrogen-bond donors (Lipinski definition) is 1. The van der Waals surface area contributed by atoms with Gasteiger partial charge in [-0.3, -0.25) is 0 Å². The maximum atomic E-state index is 12.5. The Labute approximate surface area is 151 Å². The number of carbonyl (C=O) groups excluding carboxylic acids is 1. The predicted octanol–water partition coefficient (Wildman–Crippen LogP) is 5.28. The fourth-order valence-corrected chi connectivity index (χ4v) is 2.88. The maximum Gasteiger partial charge on any atom is 0.410 e. The minimum absolute atomic E-state index is 0.161. The normalized spacial score (nSPS) is 13.3. The van der Waals surface area contributed by atoms with Gasteiger partial charge in [-0.05, 0) is 51.3 Å². The standard InChI is InChI=1S/C18H26BrN3O2/c1-11(2)9-15(22(6)17(23)24-18(3,4)5)16-20-13-8-7-12(19)10-14(13)21-16/h7-8,10-11,15H,9H2,1-6H3,(H,20,21). The Bertz CT molecular complexity index is 719. The Balaban J connectivity index is 2.34. The highest BCUT2D eigenvalue weighted by molar-refractivity contribution is 9.10. The summed E-state index contributed by atoms with van der Waals surface area (Å²) in [5.74, 6) is 1.20. The molecule has 1 aromatic carbocycles. The molecule has 0 aliphatic rings. The van der Waals surface area contributed by atoms with Gasteiger partial charge in [-0.2, -0.15) is 0 Å². The van der Waals surface area contributed by atoms with Crippen molar-refractivity contribution in [3.8, 4) is 0 Å². The number of nitrogens with zero attached hydrogens (tertiary/aromatic N) is 2. The van der Waals surface area contributed by atoms with E-state index in [0.717, 1.165) is 27.8 Å². The van der Waals surface area contributed by atoms with Gasteiger partial charge in [-0.15, -0.1) is 0 Å². The Morgan fingerprint density at radius 1 is 1.38 bits per heavy atom. The minimum atomic E-state index is -0.521. The van der Waals surface area contributed by atoms with Gasteiger partial charge in [0.15, 0.2) is 0 Å². The van der Waals surface area contributed by atoms with Gasteiger partial charge in [0.25, 0.3) is 0 Å². The largest absolute Gasteiger partial charge is 0.444 e. The number of ether oxygens (including phenoxy) is 1. The van der Waals surface area contributed by atoms with Crippen molar-refractivity contribution < 1.29 is 9.53 Å². The lowest BCUT2D eigenvalue weighted by molar-refractivity contribution is 0.0194. The topological polar surface area (TPSA) is 58.2 Å². The molecule has 1 unspecified atom stereocenters. The van der Waals surface area contributed by atoms with Crippen molar-refractivity contribution in [2.75, 3.05) is 7.05 Å². The number of carbonyl (C=O) groups is 1. The Morgan fingerprint density at radius 2 is 2.04 bits per heavy atom. The molecular weight excluding hydrogens is 370 g/mol. The van der Waals surface area contributed by atoms with E-state index >= 15 is 0 Å². The van der Waals surface area contributed by atoms with E-state index in [1.807, 2.05) is 39.0 Å². The number of aromatic amines is 1. The van der Waals surface area contributed by atoms with Crippen LogP contribution in [0.1, 0.15) is 52.9 Å². The van der Waals surface area contributed by atoms with Crippen molar-refractivity contribution in [1.29, 1.82) is 0 Å². The molecule has 1 N–H and O–H groups in total. The highest BCUT2D eigenvalue weighted by Crippen LogP contribution is 2.29. The van der Waals surface area contributed by atoms with E-state index in [9.17, 15) is 4.79 Å². The van der Waals surface area contributed by atoms with Gasteiger partial charge in [0, 0.05) is 11.5 Å². The van der Waals surface area contributed by atoms with Crippen LogP contribution in [0.2, 0.25) is 0 Å². The van der Waals surface area contributed by atoms with Gasteiger partial charge < -0.3 is 14.6 Å². The maximum absolute atomic E-state index is 12.5. The molecule has 2 aromatic rings. The highest BCUT2D eigenvalue weighted by Gasteiger charge is 2.29. The second-order valence-electron chi connectivity index (χ2n) is 7.52. The highest BCUT2D eigenvalue weighted by atomic mass is 79.9. The number of aromatic nitrogens is 2. The van der Waals surface area contributed by atoms with Crippen molar-refractivity contribution in [2.24, 2.45) is 5.92 Å². The van der Waals surface area contributed by atoms with Crippen LogP contribution in [-0.4, -0.2) is 33.6 Å². The number of benzene rings is 1. The lowest BCUT2D eigenvalue weighted by Crippen LogP contribution is -2.37. The molecule has 0 saturated heterocycles. The van der Waals surface area contributed by atoms with Gasteiger partial charge in [0.2, 0.25) is 0 Å². The van der Waals surface area contributed by atoms with E-state index in [1.165, 1.54) is 0 Å². The molecule has 1 aromatic heterocycles. The predicted molar refractivity (Wildman–Crippen MR) is 100.0 cm³/mol. The van der Waals surface area contributed by atoms with E-state index in [-0.39, 0.29) is 12.1 Å². The number of amides is 1. The summed E-state index contributed by atoms with van der Waals surface area (Å²) < 4.78 is 6.51. The van der Waals surface area contributed by atoms with Gasteiger partial charge in [0.1, 0.15) is 11.4 Å². The SMILES string of the molecule is CC(C)CC(c1nc2ccc(Br)cc2[nH]1)N(C)C(=O)OC(C)(C)C. The summed E-state index contributed by atoms with van der Waals surface area (Å²) in [4.78, 5) is 22.1. The smallest absolute Gasteiger partial charge is 0.410 e. The quantitative estimate of drug-likeness (QED) is 0.765. The van der Waals surface area contributed by atoms with E-state index in [4.69, 9.17) is 4.74 Å². The van der Waals surface area contributed by atoms with Crippen molar-refractivity contribution >= 4 is 33.1 Å².